The maximum atomic E-state index is 10.3. The zero-order valence-corrected chi connectivity index (χ0v) is 15.0. The largest absolute Gasteiger partial charge is 0.507 e. The van der Waals surface area contributed by atoms with E-state index in [0.29, 0.717) is 17.2 Å². The maximum Gasteiger partial charge on any atom is 0.147 e. The molecule has 25 heavy (non-hydrogen) atoms. The highest BCUT2D eigenvalue weighted by Gasteiger charge is 2.24. The summed E-state index contributed by atoms with van der Waals surface area (Å²) in [5.41, 5.74) is 2.88. The molecule has 2 N–H and O–H groups in total. The second-order valence-electron chi connectivity index (χ2n) is 6.88. The Morgan fingerprint density at radius 1 is 1.32 bits per heavy atom. The first-order valence-corrected chi connectivity index (χ1v) is 8.73. The van der Waals surface area contributed by atoms with Crippen molar-refractivity contribution in [1.29, 1.82) is 5.26 Å². The SMILES string of the molecule is CC1CN(c2nc(C(C)C)cc(-c3ccccc3O)c2C#N)CCN1. The van der Waals surface area contributed by atoms with Gasteiger partial charge in [-0.05, 0) is 25.0 Å². The van der Waals surface area contributed by atoms with Crippen molar-refractivity contribution < 1.29 is 5.11 Å². The van der Waals surface area contributed by atoms with Crippen molar-refractivity contribution in [3.63, 3.8) is 0 Å². The zero-order chi connectivity index (χ0) is 18.0. The fraction of sp³-hybridized carbons (Fsp3) is 0.400. The standard InChI is InChI=1S/C20H24N4O/c1-13(2)18-10-16(15-6-4-5-7-19(15)25)17(11-21)20(23-18)24-9-8-22-14(3)12-24/h4-7,10,13-14,22,25H,8-9,12H2,1-3H3. The first-order chi connectivity index (χ1) is 12.0. The van der Waals surface area contributed by atoms with E-state index in [4.69, 9.17) is 4.98 Å². The van der Waals surface area contributed by atoms with Gasteiger partial charge in [0.05, 0.1) is 0 Å². The lowest BCUT2D eigenvalue weighted by molar-refractivity contribution is 0.477. The number of pyridine rings is 1. The van der Waals surface area contributed by atoms with Crippen molar-refractivity contribution in [3.8, 4) is 22.9 Å². The summed E-state index contributed by atoms with van der Waals surface area (Å²) in [6.07, 6.45) is 0. The predicted octanol–water partition coefficient (Wildman–Crippen LogP) is 3.25. The van der Waals surface area contributed by atoms with Gasteiger partial charge in [0.2, 0.25) is 0 Å². The summed E-state index contributed by atoms with van der Waals surface area (Å²) < 4.78 is 0. The molecule has 0 bridgehead atoms. The monoisotopic (exact) mass is 336 g/mol. The summed E-state index contributed by atoms with van der Waals surface area (Å²) in [5.74, 6) is 1.14. The van der Waals surface area contributed by atoms with Crippen LogP contribution in [0.2, 0.25) is 0 Å². The summed E-state index contributed by atoms with van der Waals surface area (Å²) in [4.78, 5) is 6.99. The number of anilines is 1. The lowest BCUT2D eigenvalue weighted by atomic mass is 9.96. The van der Waals surface area contributed by atoms with Gasteiger partial charge in [0, 0.05) is 42.5 Å². The van der Waals surface area contributed by atoms with Crippen LogP contribution >= 0.6 is 0 Å². The number of phenolic OH excluding ortho intramolecular Hbond substituents is 1. The van der Waals surface area contributed by atoms with E-state index in [1.54, 1.807) is 12.1 Å². The van der Waals surface area contributed by atoms with E-state index in [1.165, 1.54) is 0 Å². The van der Waals surface area contributed by atoms with Crippen LogP contribution in [0, 0.1) is 11.3 Å². The Morgan fingerprint density at radius 3 is 2.72 bits per heavy atom. The number of hydrogen-bond acceptors (Lipinski definition) is 5. The van der Waals surface area contributed by atoms with Gasteiger partial charge in [-0.2, -0.15) is 5.26 Å². The smallest absolute Gasteiger partial charge is 0.147 e. The van der Waals surface area contributed by atoms with E-state index in [9.17, 15) is 10.4 Å². The van der Waals surface area contributed by atoms with Crippen LogP contribution in [0.1, 0.15) is 37.9 Å². The third-order valence-corrected chi connectivity index (χ3v) is 4.59. The minimum Gasteiger partial charge on any atom is -0.507 e. The van der Waals surface area contributed by atoms with Crippen molar-refractivity contribution in [1.82, 2.24) is 10.3 Å². The molecule has 0 aliphatic carbocycles. The molecule has 1 aliphatic rings. The maximum absolute atomic E-state index is 10.3. The van der Waals surface area contributed by atoms with Crippen molar-refractivity contribution in [3.05, 3.63) is 41.6 Å². The number of phenols is 1. The molecule has 5 nitrogen and oxygen atoms in total. The third-order valence-electron chi connectivity index (χ3n) is 4.59. The van der Waals surface area contributed by atoms with Crippen LogP contribution in [0.3, 0.4) is 0 Å². The summed E-state index contributed by atoms with van der Waals surface area (Å²) >= 11 is 0. The average Bonchev–Trinajstić information content (AvgIpc) is 2.61. The van der Waals surface area contributed by atoms with Crippen LogP contribution in [0.4, 0.5) is 5.82 Å². The highest BCUT2D eigenvalue weighted by atomic mass is 16.3. The fourth-order valence-corrected chi connectivity index (χ4v) is 3.22. The molecule has 1 aromatic heterocycles. The van der Waals surface area contributed by atoms with Gasteiger partial charge in [0.1, 0.15) is 23.2 Å². The van der Waals surface area contributed by atoms with E-state index in [-0.39, 0.29) is 11.7 Å². The Labute approximate surface area is 148 Å². The Bertz CT molecular complexity index is 810. The molecule has 3 rings (SSSR count). The van der Waals surface area contributed by atoms with Gasteiger partial charge in [0.15, 0.2) is 0 Å². The van der Waals surface area contributed by atoms with Gasteiger partial charge < -0.3 is 15.3 Å². The Balaban J connectivity index is 2.21. The summed E-state index contributed by atoms with van der Waals surface area (Å²) in [5, 5.41) is 23.6. The minimum absolute atomic E-state index is 0.180. The highest BCUT2D eigenvalue weighted by molar-refractivity contribution is 5.80. The molecule has 1 saturated heterocycles. The molecule has 1 aromatic carbocycles. The number of para-hydroxylation sites is 1. The Morgan fingerprint density at radius 2 is 2.08 bits per heavy atom. The van der Waals surface area contributed by atoms with Crippen molar-refractivity contribution >= 4 is 5.82 Å². The molecule has 1 unspecified atom stereocenters. The van der Waals surface area contributed by atoms with E-state index < -0.39 is 0 Å². The molecule has 1 fully saturated rings. The molecular formula is C20H24N4O. The molecular weight excluding hydrogens is 312 g/mol. The first-order valence-electron chi connectivity index (χ1n) is 8.73. The molecule has 0 amide bonds. The second kappa shape index (κ2) is 7.12. The molecule has 1 atom stereocenters. The van der Waals surface area contributed by atoms with Gasteiger partial charge >= 0.3 is 0 Å². The van der Waals surface area contributed by atoms with Gasteiger partial charge in [-0.1, -0.05) is 32.0 Å². The van der Waals surface area contributed by atoms with Crippen molar-refractivity contribution in [2.75, 3.05) is 24.5 Å². The normalized spacial score (nSPS) is 17.6. The number of aromatic nitrogens is 1. The molecule has 0 radical (unpaired) electrons. The van der Waals surface area contributed by atoms with Crippen LogP contribution in [0.15, 0.2) is 30.3 Å². The van der Waals surface area contributed by atoms with Crippen LogP contribution in [-0.2, 0) is 0 Å². The van der Waals surface area contributed by atoms with E-state index in [0.717, 1.165) is 36.7 Å². The van der Waals surface area contributed by atoms with Crippen LogP contribution < -0.4 is 10.2 Å². The molecule has 0 spiro atoms. The zero-order valence-electron chi connectivity index (χ0n) is 15.0. The van der Waals surface area contributed by atoms with Crippen LogP contribution in [-0.4, -0.2) is 35.8 Å². The number of nitriles is 1. The predicted molar refractivity (Wildman–Crippen MR) is 99.8 cm³/mol. The minimum atomic E-state index is 0.180. The van der Waals surface area contributed by atoms with Crippen molar-refractivity contribution in [2.45, 2.75) is 32.7 Å². The molecule has 5 heteroatoms. The molecule has 2 heterocycles. The lowest BCUT2D eigenvalue weighted by Crippen LogP contribution is -2.49. The quantitative estimate of drug-likeness (QED) is 0.900. The number of benzene rings is 1. The van der Waals surface area contributed by atoms with E-state index in [2.05, 4.69) is 37.1 Å². The highest BCUT2D eigenvalue weighted by Crippen LogP contribution is 2.36. The average molecular weight is 336 g/mol. The molecule has 1 aliphatic heterocycles. The lowest BCUT2D eigenvalue weighted by Gasteiger charge is -2.34. The number of nitrogens with zero attached hydrogens (tertiary/aromatic N) is 3. The summed E-state index contributed by atoms with van der Waals surface area (Å²) in [6.45, 7) is 8.80. The number of hydrogen-bond donors (Lipinski definition) is 2. The van der Waals surface area contributed by atoms with E-state index in [1.807, 2.05) is 18.2 Å². The first kappa shape index (κ1) is 17.2. The molecule has 2 aromatic rings. The van der Waals surface area contributed by atoms with Gasteiger partial charge in [-0.15, -0.1) is 0 Å². The molecule has 130 valence electrons. The number of nitrogens with one attached hydrogen (secondary N) is 1. The summed E-state index contributed by atoms with van der Waals surface area (Å²) in [7, 11) is 0. The number of rotatable bonds is 3. The number of piperazine rings is 1. The van der Waals surface area contributed by atoms with Gasteiger partial charge in [0.25, 0.3) is 0 Å². The van der Waals surface area contributed by atoms with Crippen LogP contribution in [0.25, 0.3) is 11.1 Å². The second-order valence-corrected chi connectivity index (χ2v) is 6.88. The topological polar surface area (TPSA) is 72.2 Å². The van der Waals surface area contributed by atoms with Crippen LogP contribution in [0.5, 0.6) is 5.75 Å². The molecule has 0 saturated carbocycles. The van der Waals surface area contributed by atoms with Crippen molar-refractivity contribution in [2.24, 2.45) is 0 Å². The summed E-state index contributed by atoms with van der Waals surface area (Å²) in [6, 6.07) is 11.8. The third kappa shape index (κ3) is 3.45. The van der Waals surface area contributed by atoms with Gasteiger partial charge in [-0.25, -0.2) is 4.98 Å². The Hall–Kier alpha value is -2.58. The Kier molecular flexibility index (Phi) is 4.91. The fourth-order valence-electron chi connectivity index (χ4n) is 3.22. The van der Waals surface area contributed by atoms with Gasteiger partial charge in [-0.3, -0.25) is 0 Å². The number of aromatic hydroxyl groups is 1. The van der Waals surface area contributed by atoms with E-state index >= 15 is 0 Å².